The topological polar surface area (TPSA) is 38.9 Å². The van der Waals surface area contributed by atoms with Gasteiger partial charge in [-0.3, -0.25) is 0 Å². The van der Waals surface area contributed by atoms with Crippen LogP contribution in [0.3, 0.4) is 0 Å². The molecule has 3 nitrogen and oxygen atoms in total. The van der Waals surface area contributed by atoms with E-state index in [1.54, 1.807) is 0 Å². The summed E-state index contributed by atoms with van der Waals surface area (Å²) in [6.45, 7) is 9.16. The van der Waals surface area contributed by atoms with Gasteiger partial charge in [0.1, 0.15) is 17.0 Å². The Kier molecular flexibility index (Phi) is 4.05. The first-order chi connectivity index (χ1) is 15.4. The molecule has 156 valence electrons. The Labute approximate surface area is 187 Å². The Hall–Kier alpha value is -3.50. The van der Waals surface area contributed by atoms with Crippen LogP contribution in [0.4, 0.5) is 0 Å². The first-order valence-electron chi connectivity index (χ1n) is 11.0. The predicted octanol–water partition coefficient (Wildman–Crippen LogP) is 7.20. The number of rotatable bonds is 2. The van der Waals surface area contributed by atoms with Crippen LogP contribution < -0.4 is 5.19 Å². The minimum absolute atomic E-state index is 0.776. The van der Waals surface area contributed by atoms with Gasteiger partial charge in [-0.15, -0.1) is 0 Å². The van der Waals surface area contributed by atoms with Gasteiger partial charge in [-0.1, -0.05) is 79.4 Å². The Balaban J connectivity index is 1.76. The second kappa shape index (κ2) is 6.75. The molecule has 0 unspecified atom stereocenters. The van der Waals surface area contributed by atoms with E-state index in [4.69, 9.17) is 14.4 Å². The fraction of sp³-hybridized carbons (Fsp3) is 0.143. The van der Waals surface area contributed by atoms with Crippen molar-refractivity contribution in [2.45, 2.75) is 26.6 Å². The van der Waals surface area contributed by atoms with E-state index in [1.807, 2.05) is 19.1 Å². The minimum Gasteiger partial charge on any atom is -0.455 e. The maximum absolute atomic E-state index is 6.34. The normalized spacial score (nSPS) is 12.4. The number of furan rings is 1. The lowest BCUT2D eigenvalue weighted by Gasteiger charge is -2.20. The van der Waals surface area contributed by atoms with Crippen molar-refractivity contribution in [1.82, 2.24) is 9.97 Å². The molecule has 0 atom stereocenters. The van der Waals surface area contributed by atoms with E-state index in [-0.39, 0.29) is 0 Å². The molecule has 6 rings (SSSR count). The SMILES string of the molecule is Cc1nc(-c2cccc3c2oc2ccccc23)c2ccc3cccc([Si](C)(C)C)c3c2n1. The van der Waals surface area contributed by atoms with E-state index >= 15 is 0 Å². The molecule has 0 bridgehead atoms. The summed E-state index contributed by atoms with van der Waals surface area (Å²) in [5.41, 5.74) is 4.77. The lowest BCUT2D eigenvalue weighted by Crippen LogP contribution is -2.38. The van der Waals surface area contributed by atoms with Gasteiger partial charge in [0.05, 0.1) is 19.3 Å². The monoisotopic (exact) mass is 432 g/mol. The second-order valence-electron chi connectivity index (χ2n) is 9.52. The Morgan fingerprint density at radius 1 is 0.719 bits per heavy atom. The van der Waals surface area contributed by atoms with E-state index in [1.165, 1.54) is 16.0 Å². The Morgan fingerprint density at radius 3 is 2.34 bits per heavy atom. The molecule has 0 fully saturated rings. The lowest BCUT2D eigenvalue weighted by molar-refractivity contribution is 0.670. The van der Waals surface area contributed by atoms with Crippen LogP contribution in [0, 0.1) is 6.92 Å². The molecule has 4 heteroatoms. The van der Waals surface area contributed by atoms with Crippen molar-refractivity contribution in [2.75, 3.05) is 0 Å². The molecule has 0 amide bonds. The molecule has 0 aliphatic rings. The van der Waals surface area contributed by atoms with Crippen LogP contribution >= 0.6 is 0 Å². The van der Waals surface area contributed by atoms with Crippen molar-refractivity contribution in [2.24, 2.45) is 0 Å². The Bertz CT molecular complexity index is 1670. The van der Waals surface area contributed by atoms with Crippen LogP contribution in [0.1, 0.15) is 5.82 Å². The lowest BCUT2D eigenvalue weighted by atomic mass is 10.00. The zero-order valence-corrected chi connectivity index (χ0v) is 19.7. The summed E-state index contributed by atoms with van der Waals surface area (Å²) < 4.78 is 6.34. The van der Waals surface area contributed by atoms with E-state index in [0.29, 0.717) is 0 Å². The third kappa shape index (κ3) is 2.80. The average molecular weight is 433 g/mol. The maximum Gasteiger partial charge on any atom is 0.144 e. The van der Waals surface area contributed by atoms with Gasteiger partial charge in [-0.2, -0.15) is 0 Å². The van der Waals surface area contributed by atoms with Crippen molar-refractivity contribution in [3.63, 3.8) is 0 Å². The summed E-state index contributed by atoms with van der Waals surface area (Å²) in [4.78, 5) is 9.90. The molecule has 0 N–H and O–H groups in total. The van der Waals surface area contributed by atoms with E-state index < -0.39 is 8.07 Å². The van der Waals surface area contributed by atoms with Gasteiger partial charge in [-0.05, 0) is 30.5 Å². The molecule has 0 saturated heterocycles. The summed E-state index contributed by atoms with van der Waals surface area (Å²) in [6, 6.07) is 25.6. The number of para-hydroxylation sites is 2. The Morgan fingerprint density at radius 2 is 1.50 bits per heavy atom. The fourth-order valence-electron chi connectivity index (χ4n) is 4.84. The summed E-state index contributed by atoms with van der Waals surface area (Å²) in [5, 5.41) is 7.27. The largest absolute Gasteiger partial charge is 0.455 e. The minimum atomic E-state index is -1.57. The van der Waals surface area contributed by atoms with Gasteiger partial charge in [0, 0.05) is 27.1 Å². The van der Waals surface area contributed by atoms with Crippen LogP contribution in [0.2, 0.25) is 19.6 Å². The molecular formula is C28H24N2OSi. The highest BCUT2D eigenvalue weighted by molar-refractivity contribution is 6.90. The molecular weight excluding hydrogens is 408 g/mol. The van der Waals surface area contributed by atoms with Crippen LogP contribution in [0.15, 0.2) is 77.2 Å². The van der Waals surface area contributed by atoms with E-state index in [0.717, 1.165) is 49.9 Å². The third-order valence-corrected chi connectivity index (χ3v) is 8.32. The van der Waals surface area contributed by atoms with Gasteiger partial charge < -0.3 is 4.42 Å². The summed E-state index contributed by atoms with van der Waals surface area (Å²) in [7, 11) is -1.57. The van der Waals surface area contributed by atoms with Gasteiger partial charge in [0.15, 0.2) is 0 Å². The first-order valence-corrected chi connectivity index (χ1v) is 14.5. The molecule has 0 saturated carbocycles. The number of benzene rings is 4. The number of hydrogen-bond donors (Lipinski definition) is 0. The zero-order valence-electron chi connectivity index (χ0n) is 18.7. The maximum atomic E-state index is 6.34. The summed E-state index contributed by atoms with van der Waals surface area (Å²) >= 11 is 0. The van der Waals surface area contributed by atoms with Crippen molar-refractivity contribution in [1.29, 1.82) is 0 Å². The van der Waals surface area contributed by atoms with Gasteiger partial charge in [0.25, 0.3) is 0 Å². The van der Waals surface area contributed by atoms with E-state index in [2.05, 4.69) is 80.3 Å². The van der Waals surface area contributed by atoms with Crippen molar-refractivity contribution in [3.8, 4) is 11.3 Å². The number of fused-ring (bicyclic) bond motifs is 6. The van der Waals surface area contributed by atoms with Crippen LogP contribution in [-0.4, -0.2) is 18.0 Å². The standard InChI is InChI=1S/C28H24N2OSi/c1-17-29-26(22-12-8-11-20-19-10-5-6-13-23(19)31-28(20)22)21-16-15-18-9-7-14-24(32(2,3)4)25(18)27(21)30-17/h5-16H,1-4H3. The summed E-state index contributed by atoms with van der Waals surface area (Å²) in [6.07, 6.45) is 0. The molecule has 0 aliphatic heterocycles. The highest BCUT2D eigenvalue weighted by Crippen LogP contribution is 2.38. The van der Waals surface area contributed by atoms with Crippen molar-refractivity contribution < 1.29 is 4.42 Å². The molecule has 0 radical (unpaired) electrons. The molecule has 32 heavy (non-hydrogen) atoms. The first kappa shape index (κ1) is 19.2. The fourth-order valence-corrected chi connectivity index (χ4v) is 6.45. The molecule has 6 aromatic rings. The van der Waals surface area contributed by atoms with Gasteiger partial charge in [-0.25, -0.2) is 9.97 Å². The molecule has 0 aliphatic carbocycles. The number of aryl methyl sites for hydroxylation is 1. The number of hydrogen-bond acceptors (Lipinski definition) is 3. The second-order valence-corrected chi connectivity index (χ2v) is 14.6. The predicted molar refractivity (Wildman–Crippen MR) is 137 cm³/mol. The van der Waals surface area contributed by atoms with Crippen LogP contribution in [-0.2, 0) is 0 Å². The molecule has 0 spiro atoms. The number of nitrogens with zero attached hydrogens (tertiary/aromatic N) is 2. The third-order valence-electron chi connectivity index (χ3n) is 6.29. The average Bonchev–Trinajstić information content (AvgIpc) is 3.16. The molecule has 2 aromatic heterocycles. The summed E-state index contributed by atoms with van der Waals surface area (Å²) in [5.74, 6) is 0.776. The van der Waals surface area contributed by atoms with Crippen LogP contribution in [0.25, 0.3) is 54.9 Å². The van der Waals surface area contributed by atoms with Crippen molar-refractivity contribution >= 4 is 56.9 Å². The molecule has 2 heterocycles. The highest BCUT2D eigenvalue weighted by Gasteiger charge is 2.22. The quantitative estimate of drug-likeness (QED) is 0.214. The van der Waals surface area contributed by atoms with Gasteiger partial charge >= 0.3 is 0 Å². The van der Waals surface area contributed by atoms with Gasteiger partial charge in [0.2, 0.25) is 0 Å². The number of aromatic nitrogens is 2. The van der Waals surface area contributed by atoms with Crippen LogP contribution in [0.5, 0.6) is 0 Å². The smallest absolute Gasteiger partial charge is 0.144 e. The zero-order chi connectivity index (χ0) is 22.0. The van der Waals surface area contributed by atoms with Crippen molar-refractivity contribution in [3.05, 3.63) is 78.6 Å². The van der Waals surface area contributed by atoms with E-state index in [9.17, 15) is 0 Å². The molecule has 4 aromatic carbocycles. The highest BCUT2D eigenvalue weighted by atomic mass is 28.3.